The Hall–Kier alpha value is -1.85. The first kappa shape index (κ1) is 17.0. The number of nitrogens with zero attached hydrogens (tertiary/aromatic N) is 1. The Morgan fingerprint density at radius 2 is 2.00 bits per heavy atom. The summed E-state index contributed by atoms with van der Waals surface area (Å²) in [4.78, 5) is 0.344. The van der Waals surface area contributed by atoms with Crippen molar-refractivity contribution in [3.8, 4) is 0 Å². The number of furan rings is 1. The molecule has 1 aromatic heterocycles. The fourth-order valence-corrected chi connectivity index (χ4v) is 4.42. The average molecular weight is 345 g/mol. The van der Waals surface area contributed by atoms with Gasteiger partial charge in [-0.25, -0.2) is 8.42 Å². The van der Waals surface area contributed by atoms with Crippen LogP contribution < -0.4 is 0 Å². The number of sulfonamides is 1. The van der Waals surface area contributed by atoms with Gasteiger partial charge in [0.05, 0.1) is 11.2 Å². The standard InChI is InChI=1S/C19H23NO3S/c1-3-4-5-6-16-13-20(14-17-11-12-23-19(16)17)24(21,22)18-9-7-15(2)8-10-18/h5-12,16H,3-4,13-14H2,1-2H3/b6-5+. The molecule has 2 heterocycles. The van der Waals surface area contributed by atoms with E-state index in [4.69, 9.17) is 4.42 Å². The van der Waals surface area contributed by atoms with Crippen molar-refractivity contribution in [3.63, 3.8) is 0 Å². The van der Waals surface area contributed by atoms with Crippen LogP contribution in [-0.4, -0.2) is 19.3 Å². The first-order valence-electron chi connectivity index (χ1n) is 8.32. The van der Waals surface area contributed by atoms with Crippen LogP contribution >= 0.6 is 0 Å². The number of benzene rings is 1. The molecule has 0 saturated heterocycles. The highest BCUT2D eigenvalue weighted by Gasteiger charge is 2.34. The van der Waals surface area contributed by atoms with Crippen LogP contribution in [0, 0.1) is 6.92 Å². The lowest BCUT2D eigenvalue weighted by atomic mass is 9.98. The fourth-order valence-electron chi connectivity index (χ4n) is 2.98. The van der Waals surface area contributed by atoms with Crippen LogP contribution in [0.1, 0.15) is 42.6 Å². The number of rotatable bonds is 5. The van der Waals surface area contributed by atoms with Gasteiger partial charge in [-0.3, -0.25) is 0 Å². The molecule has 0 fully saturated rings. The largest absolute Gasteiger partial charge is 0.468 e. The second-order valence-electron chi connectivity index (χ2n) is 6.24. The van der Waals surface area contributed by atoms with E-state index in [1.54, 1.807) is 22.7 Å². The average Bonchev–Trinajstić information content (AvgIpc) is 3.04. The van der Waals surface area contributed by atoms with Crippen molar-refractivity contribution in [2.75, 3.05) is 6.54 Å². The van der Waals surface area contributed by atoms with E-state index >= 15 is 0 Å². The summed E-state index contributed by atoms with van der Waals surface area (Å²) in [5.41, 5.74) is 1.99. The fraction of sp³-hybridized carbons (Fsp3) is 0.368. The van der Waals surface area contributed by atoms with E-state index in [2.05, 4.69) is 19.1 Å². The van der Waals surface area contributed by atoms with E-state index in [1.165, 1.54) is 0 Å². The molecule has 0 saturated carbocycles. The van der Waals surface area contributed by atoms with Crippen LogP contribution in [0.5, 0.6) is 0 Å². The van der Waals surface area contributed by atoms with Crippen molar-refractivity contribution in [2.24, 2.45) is 0 Å². The molecule has 3 rings (SSSR count). The van der Waals surface area contributed by atoms with Crippen molar-refractivity contribution < 1.29 is 12.8 Å². The van der Waals surface area contributed by atoms with Crippen LogP contribution in [0.3, 0.4) is 0 Å². The predicted octanol–water partition coefficient (Wildman–Crippen LogP) is 4.23. The summed E-state index contributed by atoms with van der Waals surface area (Å²) < 4.78 is 33.1. The van der Waals surface area contributed by atoms with Gasteiger partial charge >= 0.3 is 0 Å². The first-order chi connectivity index (χ1) is 11.5. The van der Waals surface area contributed by atoms with Gasteiger partial charge in [-0.15, -0.1) is 0 Å². The molecular formula is C19H23NO3S. The molecule has 1 aromatic carbocycles. The smallest absolute Gasteiger partial charge is 0.243 e. The van der Waals surface area contributed by atoms with Gasteiger partial charge in [0.1, 0.15) is 5.76 Å². The van der Waals surface area contributed by atoms with Crippen LogP contribution in [0.2, 0.25) is 0 Å². The maximum Gasteiger partial charge on any atom is 0.243 e. The molecule has 0 spiro atoms. The third-order valence-corrected chi connectivity index (χ3v) is 6.17. The molecule has 2 aromatic rings. The molecule has 1 unspecified atom stereocenters. The molecule has 5 heteroatoms. The van der Waals surface area contributed by atoms with E-state index < -0.39 is 10.0 Å². The summed E-state index contributed by atoms with van der Waals surface area (Å²) in [7, 11) is -3.51. The molecule has 1 aliphatic heterocycles. The molecule has 1 atom stereocenters. The van der Waals surface area contributed by atoms with Crippen LogP contribution in [-0.2, 0) is 16.6 Å². The highest BCUT2D eigenvalue weighted by atomic mass is 32.2. The number of allylic oxidation sites excluding steroid dienone is 1. The normalized spacial score (nSPS) is 18.8. The van der Waals surface area contributed by atoms with Crippen LogP contribution in [0.15, 0.2) is 58.1 Å². The lowest BCUT2D eigenvalue weighted by molar-refractivity contribution is 0.341. The molecule has 0 radical (unpaired) electrons. The minimum atomic E-state index is -3.51. The second kappa shape index (κ2) is 6.95. The minimum Gasteiger partial charge on any atom is -0.468 e. The van der Waals surface area contributed by atoms with Gasteiger partial charge in [-0.05, 0) is 31.5 Å². The Bertz CT molecular complexity index is 819. The Kier molecular flexibility index (Phi) is 4.92. The van der Waals surface area contributed by atoms with Crippen molar-refractivity contribution in [3.05, 3.63) is 65.6 Å². The molecule has 1 aliphatic rings. The van der Waals surface area contributed by atoms with Gasteiger partial charge in [-0.1, -0.05) is 43.2 Å². The molecular weight excluding hydrogens is 322 g/mol. The first-order valence-corrected chi connectivity index (χ1v) is 9.76. The number of aryl methyl sites for hydroxylation is 1. The Balaban J connectivity index is 1.91. The summed E-state index contributed by atoms with van der Waals surface area (Å²) in [6.45, 7) is 4.85. The SMILES string of the molecule is CCC/C=C/C1CN(S(=O)(=O)c2ccc(C)cc2)Cc2ccoc21. The molecule has 24 heavy (non-hydrogen) atoms. The van der Waals surface area contributed by atoms with Crippen molar-refractivity contribution in [1.82, 2.24) is 4.31 Å². The van der Waals surface area contributed by atoms with Gasteiger partial charge < -0.3 is 4.42 Å². The second-order valence-corrected chi connectivity index (χ2v) is 8.18. The van der Waals surface area contributed by atoms with Gasteiger partial charge in [0.25, 0.3) is 0 Å². The Morgan fingerprint density at radius 1 is 1.25 bits per heavy atom. The summed E-state index contributed by atoms with van der Waals surface area (Å²) in [5, 5.41) is 0. The summed E-state index contributed by atoms with van der Waals surface area (Å²) in [6, 6.07) is 8.89. The van der Waals surface area contributed by atoms with Crippen LogP contribution in [0.25, 0.3) is 0 Å². The van der Waals surface area contributed by atoms with Crippen molar-refractivity contribution in [2.45, 2.75) is 44.0 Å². The number of hydrogen-bond acceptors (Lipinski definition) is 3. The zero-order valence-electron chi connectivity index (χ0n) is 14.1. The number of unbranched alkanes of at least 4 members (excludes halogenated alkanes) is 1. The van der Waals surface area contributed by atoms with Gasteiger partial charge in [0.15, 0.2) is 0 Å². The third kappa shape index (κ3) is 3.32. The molecule has 0 N–H and O–H groups in total. The third-order valence-electron chi connectivity index (χ3n) is 4.35. The number of hydrogen-bond donors (Lipinski definition) is 0. The van der Waals surface area contributed by atoms with E-state index in [1.807, 2.05) is 25.1 Å². The van der Waals surface area contributed by atoms with Crippen LogP contribution in [0.4, 0.5) is 0 Å². The van der Waals surface area contributed by atoms with E-state index in [9.17, 15) is 8.42 Å². The van der Waals surface area contributed by atoms with E-state index in [0.717, 1.165) is 29.7 Å². The lowest BCUT2D eigenvalue weighted by Gasteiger charge is -2.30. The van der Waals surface area contributed by atoms with Gasteiger partial charge in [0.2, 0.25) is 10.0 Å². The van der Waals surface area contributed by atoms with E-state index in [-0.39, 0.29) is 5.92 Å². The topological polar surface area (TPSA) is 50.5 Å². The predicted molar refractivity (Wildman–Crippen MR) is 94.3 cm³/mol. The molecule has 0 amide bonds. The highest BCUT2D eigenvalue weighted by Crippen LogP contribution is 2.33. The Labute approximate surface area is 143 Å². The lowest BCUT2D eigenvalue weighted by Crippen LogP contribution is -2.37. The molecule has 128 valence electrons. The molecule has 0 bridgehead atoms. The molecule has 4 nitrogen and oxygen atoms in total. The Morgan fingerprint density at radius 3 is 2.71 bits per heavy atom. The number of fused-ring (bicyclic) bond motifs is 1. The van der Waals surface area contributed by atoms with Gasteiger partial charge in [0, 0.05) is 24.6 Å². The zero-order chi connectivity index (χ0) is 17.2. The molecule has 0 aliphatic carbocycles. The summed E-state index contributed by atoms with van der Waals surface area (Å²) >= 11 is 0. The highest BCUT2D eigenvalue weighted by molar-refractivity contribution is 7.89. The maximum atomic E-state index is 13.0. The van der Waals surface area contributed by atoms with Gasteiger partial charge in [-0.2, -0.15) is 4.31 Å². The van der Waals surface area contributed by atoms with Crippen molar-refractivity contribution >= 4 is 10.0 Å². The monoisotopic (exact) mass is 345 g/mol. The summed E-state index contributed by atoms with van der Waals surface area (Å²) in [5.74, 6) is 0.855. The summed E-state index contributed by atoms with van der Waals surface area (Å²) in [6.07, 6.45) is 7.88. The van der Waals surface area contributed by atoms with E-state index in [0.29, 0.717) is 18.0 Å². The zero-order valence-corrected chi connectivity index (χ0v) is 14.9. The maximum absolute atomic E-state index is 13.0. The van der Waals surface area contributed by atoms with Crippen molar-refractivity contribution in [1.29, 1.82) is 0 Å². The quantitative estimate of drug-likeness (QED) is 0.762. The minimum absolute atomic E-state index is 0.0319.